The van der Waals surface area contributed by atoms with Crippen molar-refractivity contribution in [1.82, 2.24) is 5.32 Å². The maximum absolute atomic E-state index is 11.8. The number of halogens is 4. The molecule has 114 valence electrons. The largest absolute Gasteiger partial charge is 0.522 e. The molecule has 0 radical (unpaired) electrons. The zero-order valence-electron chi connectivity index (χ0n) is 11.3. The topological polar surface area (TPSA) is 30.5 Å². The predicted molar refractivity (Wildman–Crippen MR) is 70.9 cm³/mol. The van der Waals surface area contributed by atoms with E-state index in [4.69, 9.17) is 16.3 Å². The molecule has 0 spiro atoms. The molecule has 0 aliphatic carbocycles. The van der Waals surface area contributed by atoms with Crippen molar-refractivity contribution in [1.29, 1.82) is 0 Å². The molecule has 1 aromatic rings. The second kappa shape index (κ2) is 7.71. The van der Waals surface area contributed by atoms with Crippen LogP contribution in [0.5, 0.6) is 5.75 Å². The summed E-state index contributed by atoms with van der Waals surface area (Å²) >= 11 is 6.00. The van der Waals surface area contributed by atoms with Crippen molar-refractivity contribution in [2.75, 3.05) is 13.2 Å². The van der Waals surface area contributed by atoms with Gasteiger partial charge in [0.05, 0.1) is 11.6 Å². The summed E-state index contributed by atoms with van der Waals surface area (Å²) in [6.07, 6.45) is -4.65. The number of hydrogen-bond acceptors (Lipinski definition) is 3. The monoisotopic (exact) mass is 311 g/mol. The third-order valence-electron chi connectivity index (χ3n) is 2.34. The summed E-state index contributed by atoms with van der Waals surface area (Å²) in [5.74, 6) is 0.382. The molecule has 0 amide bonds. The van der Waals surface area contributed by atoms with Gasteiger partial charge in [-0.1, -0.05) is 37.6 Å². The number of ether oxygens (including phenoxy) is 2. The summed E-state index contributed by atoms with van der Waals surface area (Å²) < 4.78 is 44.5. The maximum atomic E-state index is 11.8. The third-order valence-corrected chi connectivity index (χ3v) is 2.64. The summed E-state index contributed by atoms with van der Waals surface area (Å²) in [5.41, 5.74) is 0.790. The molecule has 7 heteroatoms. The van der Waals surface area contributed by atoms with E-state index in [-0.39, 0.29) is 12.6 Å². The average molecular weight is 312 g/mol. The Kier molecular flexibility index (Phi) is 6.58. The molecule has 3 nitrogen and oxygen atoms in total. The highest BCUT2D eigenvalue weighted by atomic mass is 35.5. The minimum absolute atomic E-state index is 0.224. The summed E-state index contributed by atoms with van der Waals surface area (Å²) in [6, 6.07) is 5.47. The Hall–Kier alpha value is -0.980. The molecule has 1 rings (SSSR count). The Morgan fingerprint density at radius 3 is 2.55 bits per heavy atom. The lowest BCUT2D eigenvalue weighted by Crippen LogP contribution is -2.22. The van der Waals surface area contributed by atoms with Gasteiger partial charge in [0.1, 0.15) is 12.4 Å². The molecule has 0 aliphatic rings. The first-order chi connectivity index (χ1) is 9.29. The van der Waals surface area contributed by atoms with Crippen molar-refractivity contribution in [2.24, 2.45) is 0 Å². The first-order valence-electron chi connectivity index (χ1n) is 6.14. The van der Waals surface area contributed by atoms with Gasteiger partial charge in [-0.2, -0.15) is 0 Å². The fraction of sp³-hybridized carbons (Fsp3) is 0.538. The fourth-order valence-electron chi connectivity index (χ4n) is 1.47. The van der Waals surface area contributed by atoms with Gasteiger partial charge < -0.3 is 10.1 Å². The molecule has 1 aromatic carbocycles. The van der Waals surface area contributed by atoms with Gasteiger partial charge in [0.25, 0.3) is 0 Å². The van der Waals surface area contributed by atoms with Crippen molar-refractivity contribution < 1.29 is 22.6 Å². The number of alkyl halides is 3. The van der Waals surface area contributed by atoms with Gasteiger partial charge >= 0.3 is 6.36 Å². The SMILES string of the molecule is CC(C)NCc1cccc(Cl)c1OCCOC(F)(F)F. The van der Waals surface area contributed by atoms with Crippen LogP contribution in [0.1, 0.15) is 19.4 Å². The van der Waals surface area contributed by atoms with Gasteiger partial charge in [0.2, 0.25) is 0 Å². The molecular weight excluding hydrogens is 295 g/mol. The van der Waals surface area contributed by atoms with Crippen LogP contribution in [0.4, 0.5) is 13.2 Å². The van der Waals surface area contributed by atoms with Gasteiger partial charge in [-0.05, 0) is 6.07 Å². The zero-order chi connectivity index (χ0) is 15.2. The van der Waals surface area contributed by atoms with E-state index >= 15 is 0 Å². The third kappa shape index (κ3) is 6.45. The van der Waals surface area contributed by atoms with Crippen LogP contribution in [-0.2, 0) is 11.3 Å². The molecule has 0 bridgehead atoms. The Bertz CT molecular complexity index is 425. The highest BCUT2D eigenvalue weighted by Crippen LogP contribution is 2.28. The van der Waals surface area contributed by atoms with Crippen LogP contribution in [0.25, 0.3) is 0 Å². The molecule has 0 heterocycles. The van der Waals surface area contributed by atoms with Crippen molar-refractivity contribution in [3.63, 3.8) is 0 Å². The van der Waals surface area contributed by atoms with Gasteiger partial charge in [0, 0.05) is 18.2 Å². The van der Waals surface area contributed by atoms with Gasteiger partial charge in [-0.3, -0.25) is 4.74 Å². The van der Waals surface area contributed by atoms with Gasteiger partial charge in [-0.15, -0.1) is 13.2 Å². The lowest BCUT2D eigenvalue weighted by Gasteiger charge is -2.15. The smallest absolute Gasteiger partial charge is 0.489 e. The van der Waals surface area contributed by atoms with Crippen molar-refractivity contribution in [2.45, 2.75) is 32.8 Å². The Labute approximate surface area is 121 Å². The standard InChI is InChI=1S/C13H17ClF3NO2/c1-9(2)18-8-10-4-3-5-11(14)12(10)19-6-7-20-13(15,16)17/h3-5,9,18H,6-8H2,1-2H3. The predicted octanol–water partition coefficient (Wildman–Crippen LogP) is 3.75. The number of rotatable bonds is 7. The number of nitrogens with one attached hydrogen (secondary N) is 1. The maximum Gasteiger partial charge on any atom is 0.522 e. The highest BCUT2D eigenvalue weighted by Gasteiger charge is 2.28. The molecule has 0 aliphatic heterocycles. The number of benzene rings is 1. The first kappa shape index (κ1) is 17.1. The Morgan fingerprint density at radius 1 is 1.25 bits per heavy atom. The van der Waals surface area contributed by atoms with Crippen LogP contribution in [-0.4, -0.2) is 25.6 Å². The first-order valence-corrected chi connectivity index (χ1v) is 6.51. The van der Waals surface area contributed by atoms with E-state index in [1.54, 1.807) is 18.2 Å². The van der Waals surface area contributed by atoms with Crippen LogP contribution in [0.2, 0.25) is 5.02 Å². The highest BCUT2D eigenvalue weighted by molar-refractivity contribution is 6.32. The van der Waals surface area contributed by atoms with Crippen LogP contribution in [0, 0.1) is 0 Å². The lowest BCUT2D eigenvalue weighted by molar-refractivity contribution is -0.325. The summed E-state index contributed by atoms with van der Waals surface area (Å²) in [5, 5.41) is 3.56. The molecule has 0 aromatic heterocycles. The molecule has 0 atom stereocenters. The molecule has 0 saturated carbocycles. The Balaban J connectivity index is 2.58. The van der Waals surface area contributed by atoms with Crippen molar-refractivity contribution >= 4 is 11.6 Å². The van der Waals surface area contributed by atoms with E-state index in [1.165, 1.54) is 0 Å². The van der Waals surface area contributed by atoms with Gasteiger partial charge in [-0.25, -0.2) is 0 Å². The fourth-order valence-corrected chi connectivity index (χ4v) is 1.72. The lowest BCUT2D eigenvalue weighted by atomic mass is 10.2. The van der Waals surface area contributed by atoms with E-state index in [0.29, 0.717) is 17.3 Å². The van der Waals surface area contributed by atoms with Crippen LogP contribution >= 0.6 is 11.6 Å². The van der Waals surface area contributed by atoms with E-state index in [2.05, 4.69) is 10.1 Å². The molecule has 0 saturated heterocycles. The van der Waals surface area contributed by atoms with Crippen LogP contribution in [0.3, 0.4) is 0 Å². The van der Waals surface area contributed by atoms with E-state index in [0.717, 1.165) is 5.56 Å². The molecule has 1 N–H and O–H groups in total. The minimum atomic E-state index is -4.65. The van der Waals surface area contributed by atoms with E-state index in [9.17, 15) is 13.2 Å². The molecule has 0 unspecified atom stereocenters. The second-order valence-corrected chi connectivity index (χ2v) is 4.81. The van der Waals surface area contributed by atoms with Gasteiger partial charge in [0.15, 0.2) is 0 Å². The van der Waals surface area contributed by atoms with E-state index in [1.807, 2.05) is 13.8 Å². The van der Waals surface area contributed by atoms with E-state index < -0.39 is 13.0 Å². The number of para-hydroxylation sites is 1. The zero-order valence-corrected chi connectivity index (χ0v) is 12.0. The Morgan fingerprint density at radius 2 is 1.95 bits per heavy atom. The van der Waals surface area contributed by atoms with Crippen molar-refractivity contribution in [3.05, 3.63) is 28.8 Å². The summed E-state index contributed by atoms with van der Waals surface area (Å²) in [7, 11) is 0. The normalized spacial score (nSPS) is 11.9. The molecular formula is C13H17ClF3NO2. The summed E-state index contributed by atoms with van der Waals surface area (Å²) in [6.45, 7) is 3.70. The minimum Gasteiger partial charge on any atom is -0.489 e. The molecule has 0 fully saturated rings. The summed E-state index contributed by atoms with van der Waals surface area (Å²) in [4.78, 5) is 0. The van der Waals surface area contributed by atoms with Crippen LogP contribution in [0.15, 0.2) is 18.2 Å². The quantitative estimate of drug-likeness (QED) is 0.778. The number of hydrogen-bond donors (Lipinski definition) is 1. The average Bonchev–Trinajstić information content (AvgIpc) is 2.32. The van der Waals surface area contributed by atoms with Crippen molar-refractivity contribution in [3.8, 4) is 5.75 Å². The van der Waals surface area contributed by atoms with Crippen LogP contribution < -0.4 is 10.1 Å². The molecule has 20 heavy (non-hydrogen) atoms. The second-order valence-electron chi connectivity index (χ2n) is 4.41.